The van der Waals surface area contributed by atoms with Gasteiger partial charge in [0.15, 0.2) is 0 Å². The second-order valence-electron chi connectivity index (χ2n) is 5.47. The standard InChI is InChI=1S/C18H21N3O2S/c1-12-7-8-14(13(2)9-12)21-18(23)10-20-15-5-3-4-6-16(15)24-11-17(19)22/h3-9,20H,10-11H2,1-2H3,(H2,19,22)(H,21,23). The number of carbonyl (C=O) groups excluding carboxylic acids is 2. The summed E-state index contributed by atoms with van der Waals surface area (Å²) in [6, 6.07) is 13.4. The number of para-hydroxylation sites is 1. The van der Waals surface area contributed by atoms with E-state index in [4.69, 9.17) is 5.73 Å². The molecule has 4 N–H and O–H groups in total. The van der Waals surface area contributed by atoms with Gasteiger partial charge in [0.05, 0.1) is 12.3 Å². The molecular weight excluding hydrogens is 322 g/mol. The molecule has 0 atom stereocenters. The zero-order valence-electron chi connectivity index (χ0n) is 13.8. The van der Waals surface area contributed by atoms with Gasteiger partial charge < -0.3 is 16.4 Å². The van der Waals surface area contributed by atoms with Crippen molar-refractivity contribution in [2.24, 2.45) is 5.73 Å². The van der Waals surface area contributed by atoms with Crippen molar-refractivity contribution in [3.8, 4) is 0 Å². The van der Waals surface area contributed by atoms with Gasteiger partial charge >= 0.3 is 0 Å². The Bertz CT molecular complexity index is 747. The molecule has 0 fully saturated rings. The van der Waals surface area contributed by atoms with Crippen molar-refractivity contribution in [3.63, 3.8) is 0 Å². The molecule has 0 unspecified atom stereocenters. The summed E-state index contributed by atoms with van der Waals surface area (Å²) < 4.78 is 0. The summed E-state index contributed by atoms with van der Waals surface area (Å²) in [5.74, 6) is -0.299. The van der Waals surface area contributed by atoms with Gasteiger partial charge in [-0.05, 0) is 37.6 Å². The Kier molecular flexibility index (Phi) is 6.26. The van der Waals surface area contributed by atoms with E-state index in [1.165, 1.54) is 11.8 Å². The number of carbonyl (C=O) groups is 2. The van der Waals surface area contributed by atoms with Crippen LogP contribution in [0.2, 0.25) is 0 Å². The van der Waals surface area contributed by atoms with Crippen molar-refractivity contribution in [2.75, 3.05) is 22.9 Å². The number of thioether (sulfide) groups is 1. The van der Waals surface area contributed by atoms with Crippen molar-refractivity contribution in [1.82, 2.24) is 0 Å². The van der Waals surface area contributed by atoms with Gasteiger partial charge in [-0.1, -0.05) is 29.8 Å². The monoisotopic (exact) mass is 343 g/mol. The predicted octanol–water partition coefficient (Wildman–Crippen LogP) is 2.93. The number of nitrogens with one attached hydrogen (secondary N) is 2. The second-order valence-corrected chi connectivity index (χ2v) is 6.49. The minimum absolute atomic E-state index is 0.128. The third-order valence-electron chi connectivity index (χ3n) is 3.35. The maximum absolute atomic E-state index is 12.1. The second kappa shape index (κ2) is 8.40. The Labute approximate surface area is 146 Å². The van der Waals surface area contributed by atoms with E-state index in [1.807, 2.05) is 56.3 Å². The molecule has 2 rings (SSSR count). The first-order valence-electron chi connectivity index (χ1n) is 7.57. The first-order chi connectivity index (χ1) is 11.5. The Morgan fingerprint density at radius 3 is 2.54 bits per heavy atom. The van der Waals surface area contributed by atoms with Crippen LogP contribution in [0, 0.1) is 13.8 Å². The largest absolute Gasteiger partial charge is 0.375 e. The molecule has 0 heterocycles. The third-order valence-corrected chi connectivity index (χ3v) is 4.45. The summed E-state index contributed by atoms with van der Waals surface area (Å²) in [4.78, 5) is 24.0. The lowest BCUT2D eigenvalue weighted by Crippen LogP contribution is -2.22. The van der Waals surface area contributed by atoms with E-state index < -0.39 is 0 Å². The summed E-state index contributed by atoms with van der Waals surface area (Å²) in [5, 5.41) is 6.00. The summed E-state index contributed by atoms with van der Waals surface area (Å²) >= 11 is 1.35. The van der Waals surface area contributed by atoms with Crippen LogP contribution >= 0.6 is 11.8 Å². The van der Waals surface area contributed by atoms with Crippen LogP contribution in [0.3, 0.4) is 0 Å². The molecule has 2 aromatic rings. The molecule has 0 spiro atoms. The molecule has 0 saturated carbocycles. The highest BCUT2D eigenvalue weighted by Crippen LogP contribution is 2.26. The number of hydrogen-bond donors (Lipinski definition) is 3. The van der Waals surface area contributed by atoms with E-state index >= 15 is 0 Å². The molecule has 2 amide bonds. The van der Waals surface area contributed by atoms with Crippen molar-refractivity contribution in [3.05, 3.63) is 53.6 Å². The zero-order chi connectivity index (χ0) is 17.5. The fourth-order valence-electron chi connectivity index (χ4n) is 2.21. The maximum atomic E-state index is 12.1. The van der Waals surface area contributed by atoms with Crippen molar-refractivity contribution >= 4 is 35.0 Å². The van der Waals surface area contributed by atoms with Gasteiger partial charge in [0, 0.05) is 16.3 Å². The molecule has 24 heavy (non-hydrogen) atoms. The van der Waals surface area contributed by atoms with Gasteiger partial charge in [-0.25, -0.2) is 0 Å². The van der Waals surface area contributed by atoms with Gasteiger partial charge in [0.25, 0.3) is 0 Å². The van der Waals surface area contributed by atoms with Crippen molar-refractivity contribution in [2.45, 2.75) is 18.7 Å². The van der Waals surface area contributed by atoms with Crippen molar-refractivity contribution < 1.29 is 9.59 Å². The number of rotatable bonds is 7. The van der Waals surface area contributed by atoms with Crippen LogP contribution in [0.25, 0.3) is 0 Å². The maximum Gasteiger partial charge on any atom is 0.243 e. The molecule has 0 bridgehead atoms. The van der Waals surface area contributed by atoms with Gasteiger partial charge in [-0.15, -0.1) is 11.8 Å². The lowest BCUT2D eigenvalue weighted by molar-refractivity contribution is -0.116. The van der Waals surface area contributed by atoms with Crippen molar-refractivity contribution in [1.29, 1.82) is 0 Å². The molecular formula is C18H21N3O2S. The van der Waals surface area contributed by atoms with E-state index in [0.717, 1.165) is 27.4 Å². The molecule has 0 aliphatic carbocycles. The minimum atomic E-state index is -0.373. The smallest absolute Gasteiger partial charge is 0.243 e. The number of benzene rings is 2. The molecule has 0 radical (unpaired) electrons. The Morgan fingerprint density at radius 1 is 1.08 bits per heavy atom. The number of anilines is 2. The minimum Gasteiger partial charge on any atom is -0.375 e. The molecule has 2 aromatic carbocycles. The summed E-state index contributed by atoms with van der Waals surface area (Å²) in [5.41, 5.74) is 8.98. The van der Waals surface area contributed by atoms with E-state index in [0.29, 0.717) is 0 Å². The van der Waals surface area contributed by atoms with Gasteiger partial charge in [0.2, 0.25) is 11.8 Å². The lowest BCUT2D eigenvalue weighted by Gasteiger charge is -2.12. The Hall–Kier alpha value is -2.47. The Morgan fingerprint density at radius 2 is 1.83 bits per heavy atom. The van der Waals surface area contributed by atoms with Crippen LogP contribution in [0.4, 0.5) is 11.4 Å². The average Bonchev–Trinajstić information content (AvgIpc) is 2.54. The van der Waals surface area contributed by atoms with E-state index in [2.05, 4.69) is 10.6 Å². The first kappa shape index (κ1) is 17.9. The first-order valence-corrected chi connectivity index (χ1v) is 8.55. The number of aryl methyl sites for hydroxylation is 2. The third kappa shape index (κ3) is 5.31. The normalized spacial score (nSPS) is 10.2. The molecule has 0 aromatic heterocycles. The fraction of sp³-hybridized carbons (Fsp3) is 0.222. The Balaban J connectivity index is 1.95. The molecule has 6 heteroatoms. The van der Waals surface area contributed by atoms with Crippen LogP contribution in [0.1, 0.15) is 11.1 Å². The SMILES string of the molecule is Cc1ccc(NC(=O)CNc2ccccc2SCC(N)=O)c(C)c1. The molecule has 0 saturated heterocycles. The molecule has 0 aliphatic heterocycles. The summed E-state index contributed by atoms with van der Waals surface area (Å²) in [6.07, 6.45) is 0. The fourth-order valence-corrected chi connectivity index (χ4v) is 2.98. The highest BCUT2D eigenvalue weighted by atomic mass is 32.2. The summed E-state index contributed by atoms with van der Waals surface area (Å²) in [6.45, 7) is 4.12. The number of amides is 2. The highest BCUT2D eigenvalue weighted by molar-refractivity contribution is 8.00. The van der Waals surface area contributed by atoms with Crippen LogP contribution in [-0.2, 0) is 9.59 Å². The van der Waals surface area contributed by atoms with Gasteiger partial charge in [-0.3, -0.25) is 9.59 Å². The average molecular weight is 343 g/mol. The summed E-state index contributed by atoms with van der Waals surface area (Å²) in [7, 11) is 0. The van der Waals surface area contributed by atoms with E-state index in [-0.39, 0.29) is 24.1 Å². The number of hydrogen-bond acceptors (Lipinski definition) is 4. The topological polar surface area (TPSA) is 84.2 Å². The zero-order valence-corrected chi connectivity index (χ0v) is 14.6. The molecule has 0 aliphatic rings. The van der Waals surface area contributed by atoms with Crippen LogP contribution in [0.15, 0.2) is 47.4 Å². The highest BCUT2D eigenvalue weighted by Gasteiger charge is 2.08. The number of primary amides is 1. The van der Waals surface area contributed by atoms with Crippen LogP contribution < -0.4 is 16.4 Å². The van der Waals surface area contributed by atoms with E-state index in [9.17, 15) is 9.59 Å². The quantitative estimate of drug-likeness (QED) is 0.675. The van der Waals surface area contributed by atoms with Gasteiger partial charge in [-0.2, -0.15) is 0 Å². The molecule has 5 nitrogen and oxygen atoms in total. The number of nitrogens with two attached hydrogens (primary N) is 1. The van der Waals surface area contributed by atoms with Gasteiger partial charge in [0.1, 0.15) is 0 Å². The predicted molar refractivity (Wildman–Crippen MR) is 99.4 cm³/mol. The molecule has 126 valence electrons. The van der Waals surface area contributed by atoms with E-state index in [1.54, 1.807) is 0 Å². The van der Waals surface area contributed by atoms with Crippen LogP contribution in [-0.4, -0.2) is 24.1 Å². The lowest BCUT2D eigenvalue weighted by atomic mass is 10.1. The van der Waals surface area contributed by atoms with Crippen LogP contribution in [0.5, 0.6) is 0 Å².